The quantitative estimate of drug-likeness (QED) is 0.691. The van der Waals surface area contributed by atoms with Gasteiger partial charge in [-0.3, -0.25) is 9.59 Å². The fraction of sp³-hybridized carbons (Fsp3) is 0.318. The van der Waals surface area contributed by atoms with E-state index in [1.54, 1.807) is 12.1 Å². The van der Waals surface area contributed by atoms with Crippen LogP contribution in [0.3, 0.4) is 0 Å². The molecule has 1 aromatic heterocycles. The number of hydrogen-bond acceptors (Lipinski definition) is 3. The minimum atomic E-state index is -0.544. The summed E-state index contributed by atoms with van der Waals surface area (Å²) in [5.74, 6) is -0.274. The molecule has 0 radical (unpaired) electrons. The molecule has 0 saturated heterocycles. The first-order valence-electron chi connectivity index (χ1n) is 9.46. The molecular formula is C22H25FN4O2. The molecular weight excluding hydrogens is 371 g/mol. The van der Waals surface area contributed by atoms with E-state index < -0.39 is 17.1 Å². The monoisotopic (exact) mass is 396 g/mol. The normalized spacial score (nSPS) is 11.5. The number of aromatic nitrogens is 2. The van der Waals surface area contributed by atoms with Gasteiger partial charge in [0.05, 0.1) is 16.6 Å². The Morgan fingerprint density at radius 3 is 2.55 bits per heavy atom. The van der Waals surface area contributed by atoms with E-state index in [0.29, 0.717) is 18.7 Å². The molecule has 0 aliphatic carbocycles. The summed E-state index contributed by atoms with van der Waals surface area (Å²) in [5, 5.41) is 5.63. The Bertz CT molecular complexity index is 1070. The van der Waals surface area contributed by atoms with Gasteiger partial charge in [0.2, 0.25) is 5.91 Å². The van der Waals surface area contributed by atoms with E-state index in [2.05, 4.69) is 15.6 Å². The van der Waals surface area contributed by atoms with Crippen LogP contribution in [0, 0.1) is 11.2 Å². The third kappa shape index (κ3) is 4.62. The molecule has 6 nitrogen and oxygen atoms in total. The third-order valence-corrected chi connectivity index (χ3v) is 4.67. The van der Waals surface area contributed by atoms with E-state index in [1.165, 1.54) is 12.1 Å². The molecule has 0 spiro atoms. The predicted octanol–water partition coefficient (Wildman–Crippen LogP) is 3.67. The van der Waals surface area contributed by atoms with Crippen LogP contribution in [0.1, 0.15) is 37.0 Å². The van der Waals surface area contributed by atoms with Gasteiger partial charge < -0.3 is 15.2 Å². The van der Waals surface area contributed by atoms with Gasteiger partial charge in [-0.2, -0.15) is 0 Å². The zero-order chi connectivity index (χ0) is 21.2. The standard InChI is InChI=1S/C22H25FN4O2/c1-22(2,3)21(29)25-14-9-10-18-17(13-14)26-19(27(18)4)11-12-24-20(28)15-7-5-6-8-16(15)23/h5-10,13H,11-12H2,1-4H3,(H,24,28)(H,25,29). The van der Waals surface area contributed by atoms with Crippen LogP contribution >= 0.6 is 0 Å². The van der Waals surface area contributed by atoms with E-state index >= 15 is 0 Å². The van der Waals surface area contributed by atoms with Gasteiger partial charge in [-0.25, -0.2) is 9.37 Å². The molecule has 0 fully saturated rings. The number of carbonyl (C=O) groups excluding carboxylic acids is 2. The zero-order valence-corrected chi connectivity index (χ0v) is 17.0. The van der Waals surface area contributed by atoms with Crippen molar-refractivity contribution in [2.45, 2.75) is 27.2 Å². The number of nitrogens with one attached hydrogen (secondary N) is 2. The van der Waals surface area contributed by atoms with Crippen LogP contribution in [0.5, 0.6) is 0 Å². The Morgan fingerprint density at radius 1 is 1.14 bits per heavy atom. The lowest BCUT2D eigenvalue weighted by Gasteiger charge is -2.17. The molecule has 0 aliphatic rings. The average molecular weight is 396 g/mol. The van der Waals surface area contributed by atoms with E-state index in [-0.39, 0.29) is 11.5 Å². The van der Waals surface area contributed by atoms with Crippen molar-refractivity contribution in [3.05, 3.63) is 59.7 Å². The predicted molar refractivity (Wildman–Crippen MR) is 111 cm³/mol. The molecule has 2 N–H and O–H groups in total. The van der Waals surface area contributed by atoms with Crippen LogP contribution in [0.2, 0.25) is 0 Å². The number of halogens is 1. The third-order valence-electron chi connectivity index (χ3n) is 4.67. The van der Waals surface area contributed by atoms with Crippen molar-refractivity contribution in [1.29, 1.82) is 0 Å². The maximum absolute atomic E-state index is 13.7. The van der Waals surface area contributed by atoms with Gasteiger partial charge >= 0.3 is 0 Å². The Labute approximate surface area is 169 Å². The minimum absolute atomic E-state index is 0.0248. The molecule has 1 heterocycles. The summed E-state index contributed by atoms with van der Waals surface area (Å²) in [5.41, 5.74) is 1.91. The second kappa shape index (κ2) is 8.03. The number of fused-ring (bicyclic) bond motifs is 1. The van der Waals surface area contributed by atoms with E-state index in [1.807, 2.05) is 50.6 Å². The van der Waals surface area contributed by atoms with Crippen LogP contribution in [-0.2, 0) is 18.3 Å². The van der Waals surface area contributed by atoms with E-state index in [4.69, 9.17) is 0 Å². The summed E-state index contributed by atoms with van der Waals surface area (Å²) >= 11 is 0. The van der Waals surface area contributed by atoms with Crippen molar-refractivity contribution >= 4 is 28.5 Å². The van der Waals surface area contributed by atoms with Crippen molar-refractivity contribution in [3.8, 4) is 0 Å². The number of aryl methyl sites for hydroxylation is 1. The topological polar surface area (TPSA) is 76.0 Å². The second-order valence-electron chi connectivity index (χ2n) is 7.98. The number of hydrogen-bond donors (Lipinski definition) is 2. The first-order chi connectivity index (χ1) is 13.7. The Morgan fingerprint density at radius 2 is 1.86 bits per heavy atom. The average Bonchev–Trinajstić information content (AvgIpc) is 2.96. The van der Waals surface area contributed by atoms with Crippen molar-refractivity contribution in [1.82, 2.24) is 14.9 Å². The number of carbonyl (C=O) groups is 2. The highest BCUT2D eigenvalue weighted by molar-refractivity contribution is 5.96. The highest BCUT2D eigenvalue weighted by Gasteiger charge is 2.21. The molecule has 0 unspecified atom stereocenters. The summed E-state index contributed by atoms with van der Waals surface area (Å²) < 4.78 is 15.6. The lowest BCUT2D eigenvalue weighted by molar-refractivity contribution is -0.123. The Kier molecular flexibility index (Phi) is 5.68. The van der Waals surface area contributed by atoms with Crippen LogP contribution in [0.4, 0.5) is 10.1 Å². The van der Waals surface area contributed by atoms with Gasteiger partial charge in [0.15, 0.2) is 0 Å². The van der Waals surface area contributed by atoms with Crippen LogP contribution < -0.4 is 10.6 Å². The zero-order valence-electron chi connectivity index (χ0n) is 17.0. The Hall–Kier alpha value is -3.22. The van der Waals surface area contributed by atoms with Gasteiger partial charge in [0.1, 0.15) is 11.6 Å². The molecule has 2 amide bonds. The molecule has 3 rings (SSSR count). The number of amides is 2. The van der Waals surface area contributed by atoms with Gasteiger partial charge in [0.25, 0.3) is 5.91 Å². The van der Waals surface area contributed by atoms with Crippen LogP contribution in [-0.4, -0.2) is 27.9 Å². The molecule has 0 bridgehead atoms. The smallest absolute Gasteiger partial charge is 0.254 e. The molecule has 152 valence electrons. The van der Waals surface area contributed by atoms with Crippen molar-refractivity contribution in [2.75, 3.05) is 11.9 Å². The minimum Gasteiger partial charge on any atom is -0.351 e. The summed E-state index contributed by atoms with van der Waals surface area (Å²) in [6, 6.07) is 11.5. The first-order valence-corrected chi connectivity index (χ1v) is 9.46. The number of benzene rings is 2. The summed E-state index contributed by atoms with van der Waals surface area (Å²) in [6.45, 7) is 5.90. The number of nitrogens with zero attached hydrogens (tertiary/aromatic N) is 2. The number of imidazole rings is 1. The van der Waals surface area contributed by atoms with Gasteiger partial charge in [-0.05, 0) is 30.3 Å². The fourth-order valence-corrected chi connectivity index (χ4v) is 2.90. The summed E-state index contributed by atoms with van der Waals surface area (Å²) in [6.07, 6.45) is 0.495. The summed E-state index contributed by atoms with van der Waals surface area (Å²) in [4.78, 5) is 28.9. The van der Waals surface area contributed by atoms with E-state index in [9.17, 15) is 14.0 Å². The molecule has 0 atom stereocenters. The van der Waals surface area contributed by atoms with E-state index in [0.717, 1.165) is 16.9 Å². The maximum Gasteiger partial charge on any atom is 0.254 e. The second-order valence-corrected chi connectivity index (χ2v) is 7.98. The van der Waals surface area contributed by atoms with Crippen LogP contribution in [0.15, 0.2) is 42.5 Å². The first kappa shape index (κ1) is 20.5. The van der Waals surface area contributed by atoms with Crippen LogP contribution in [0.25, 0.3) is 11.0 Å². The highest BCUT2D eigenvalue weighted by Crippen LogP contribution is 2.22. The van der Waals surface area contributed by atoms with Gasteiger partial charge in [-0.1, -0.05) is 32.9 Å². The molecule has 3 aromatic rings. The van der Waals surface area contributed by atoms with Crippen molar-refractivity contribution in [3.63, 3.8) is 0 Å². The lowest BCUT2D eigenvalue weighted by Crippen LogP contribution is -2.27. The van der Waals surface area contributed by atoms with Gasteiger partial charge in [0, 0.05) is 31.1 Å². The van der Waals surface area contributed by atoms with Crippen molar-refractivity contribution < 1.29 is 14.0 Å². The molecule has 7 heteroatoms. The number of rotatable bonds is 5. The molecule has 0 saturated carbocycles. The molecule has 0 aliphatic heterocycles. The lowest BCUT2D eigenvalue weighted by atomic mass is 9.95. The number of anilines is 1. The maximum atomic E-state index is 13.7. The molecule has 29 heavy (non-hydrogen) atoms. The molecule has 2 aromatic carbocycles. The summed E-state index contributed by atoms with van der Waals surface area (Å²) in [7, 11) is 1.90. The van der Waals surface area contributed by atoms with Crippen molar-refractivity contribution in [2.24, 2.45) is 12.5 Å². The Balaban J connectivity index is 1.69. The van der Waals surface area contributed by atoms with Gasteiger partial charge in [-0.15, -0.1) is 0 Å². The largest absolute Gasteiger partial charge is 0.351 e. The fourth-order valence-electron chi connectivity index (χ4n) is 2.90. The SMILES string of the molecule is Cn1c(CCNC(=O)c2ccccc2F)nc2cc(NC(=O)C(C)(C)C)ccc21. The highest BCUT2D eigenvalue weighted by atomic mass is 19.1.